The van der Waals surface area contributed by atoms with E-state index in [1.165, 1.54) is 0 Å². The number of esters is 5. The monoisotopic (exact) mass is 754 g/mol. The van der Waals surface area contributed by atoms with Gasteiger partial charge < -0.3 is 28.4 Å². The summed E-state index contributed by atoms with van der Waals surface area (Å²) in [4.78, 5) is 73.1. The lowest BCUT2D eigenvalue weighted by atomic mass is 9.80. The molecule has 2 aliphatic carbocycles. The minimum absolute atomic E-state index is 0.0660. The molecule has 0 bridgehead atoms. The lowest BCUT2D eigenvalue weighted by Crippen LogP contribution is -2.30. The molecule has 2 fully saturated rings. The Morgan fingerprint density at radius 3 is 1.52 bits per heavy atom. The fraction of sp³-hybridized carbons (Fsp3) is 0.619. The van der Waals surface area contributed by atoms with E-state index in [2.05, 4.69) is 13.2 Å². The molecule has 0 unspecified atom stereocenters. The molecule has 0 saturated heterocycles. The fourth-order valence-electron chi connectivity index (χ4n) is 6.67. The van der Waals surface area contributed by atoms with Crippen LogP contribution in [0, 0.1) is 30.6 Å². The van der Waals surface area contributed by atoms with Crippen LogP contribution in [0.2, 0.25) is 0 Å². The van der Waals surface area contributed by atoms with Crippen molar-refractivity contribution >= 4 is 35.6 Å². The summed E-state index contributed by atoms with van der Waals surface area (Å²) in [6.07, 6.45) is 13.5. The maximum absolute atomic E-state index is 13.0. The molecule has 2 aliphatic rings. The van der Waals surface area contributed by atoms with Crippen LogP contribution in [0.15, 0.2) is 43.5 Å². The van der Waals surface area contributed by atoms with Crippen LogP contribution in [0.1, 0.15) is 108 Å². The summed E-state index contributed by atoms with van der Waals surface area (Å²) in [7, 11) is 0. The predicted molar refractivity (Wildman–Crippen MR) is 199 cm³/mol. The summed E-state index contributed by atoms with van der Waals surface area (Å²) in [5.41, 5.74) is 0.661. The molecule has 0 N–H and O–H groups in total. The molecule has 0 amide bonds. The highest BCUT2D eigenvalue weighted by molar-refractivity contribution is 5.83. The van der Waals surface area contributed by atoms with Crippen molar-refractivity contribution in [1.82, 2.24) is 0 Å². The lowest BCUT2D eigenvalue weighted by Gasteiger charge is -2.26. The number of carbonyl (C=O) groups is 6. The van der Waals surface area contributed by atoms with Crippen LogP contribution in [-0.4, -0.2) is 68.7 Å². The average Bonchev–Trinajstić information content (AvgIpc) is 3.18. The lowest BCUT2D eigenvalue weighted by molar-refractivity contribution is -0.152. The summed E-state index contributed by atoms with van der Waals surface area (Å²) >= 11 is 0. The fourth-order valence-corrected chi connectivity index (χ4v) is 6.67. The SMILES string of the molecule is C=CC(=O)OCCCCCCOCC(=O)C1CCC(C(=O)Oc2ccc(OC(=O)C3CCC(C(=O)OCCCCCCOC(=O)C=C)CC3)cc2C)CC1. The zero-order valence-corrected chi connectivity index (χ0v) is 31.9. The highest BCUT2D eigenvalue weighted by Gasteiger charge is 2.33. The van der Waals surface area contributed by atoms with Gasteiger partial charge in [-0.2, -0.15) is 0 Å². The third-order valence-corrected chi connectivity index (χ3v) is 10.0. The van der Waals surface area contributed by atoms with Gasteiger partial charge in [-0.25, -0.2) is 9.59 Å². The average molecular weight is 755 g/mol. The van der Waals surface area contributed by atoms with Gasteiger partial charge in [-0.15, -0.1) is 0 Å². The van der Waals surface area contributed by atoms with Gasteiger partial charge in [0.05, 0.1) is 37.6 Å². The minimum Gasteiger partial charge on any atom is -0.465 e. The molecule has 1 aromatic rings. The van der Waals surface area contributed by atoms with Crippen LogP contribution in [0.3, 0.4) is 0 Å². The van der Waals surface area contributed by atoms with Gasteiger partial charge in [0.2, 0.25) is 0 Å². The van der Waals surface area contributed by atoms with Gasteiger partial charge in [0.15, 0.2) is 5.78 Å². The number of ketones is 1. The first kappa shape index (κ1) is 44.1. The van der Waals surface area contributed by atoms with Gasteiger partial charge in [0.25, 0.3) is 0 Å². The summed E-state index contributed by atoms with van der Waals surface area (Å²) < 4.78 is 32.3. The molecular formula is C42H58O12. The van der Waals surface area contributed by atoms with E-state index in [1.807, 2.05) is 0 Å². The Balaban J connectivity index is 1.27. The summed E-state index contributed by atoms with van der Waals surface area (Å²) in [5, 5.41) is 0. The van der Waals surface area contributed by atoms with Crippen molar-refractivity contribution < 1.29 is 57.2 Å². The largest absolute Gasteiger partial charge is 0.465 e. The third-order valence-electron chi connectivity index (χ3n) is 10.0. The number of carbonyl (C=O) groups excluding carboxylic acids is 6. The van der Waals surface area contributed by atoms with E-state index in [4.69, 9.17) is 28.4 Å². The second kappa shape index (κ2) is 24.9. The van der Waals surface area contributed by atoms with Crippen LogP contribution in [0.4, 0.5) is 0 Å². The van der Waals surface area contributed by atoms with Crippen molar-refractivity contribution in [3.05, 3.63) is 49.1 Å². The number of aryl methyl sites for hydroxylation is 1. The van der Waals surface area contributed by atoms with Gasteiger partial charge in [0.1, 0.15) is 18.1 Å². The first-order valence-electron chi connectivity index (χ1n) is 19.5. The van der Waals surface area contributed by atoms with Crippen molar-refractivity contribution in [1.29, 1.82) is 0 Å². The third kappa shape index (κ3) is 16.4. The zero-order chi connectivity index (χ0) is 39.1. The number of benzene rings is 1. The standard InChI is InChI=1S/C42H58O12/c1-4-38(44)50-25-11-7-6-10-24-49-29-36(43)31-14-16-34(17-15-31)42(48)54-37-23-22-35(28-30(37)3)53-41(47)33-20-18-32(19-21-33)40(46)52-27-13-9-8-12-26-51-39(45)5-2/h4-5,22-23,28,31-34H,1-2,6-21,24-27,29H2,3H3. The number of hydrogen-bond acceptors (Lipinski definition) is 12. The number of ether oxygens (including phenoxy) is 6. The van der Waals surface area contributed by atoms with Gasteiger partial charge in [-0.05, 0) is 127 Å². The summed E-state index contributed by atoms with van der Waals surface area (Å²) in [6.45, 7) is 10.1. The molecule has 54 heavy (non-hydrogen) atoms. The van der Waals surface area contributed by atoms with Gasteiger partial charge in [0, 0.05) is 24.7 Å². The maximum atomic E-state index is 13.0. The Hall–Kier alpha value is -4.32. The normalized spacial score (nSPS) is 19.5. The Morgan fingerprint density at radius 2 is 1.02 bits per heavy atom. The van der Waals surface area contributed by atoms with Gasteiger partial charge in [-0.1, -0.05) is 19.6 Å². The molecule has 3 rings (SSSR count). The smallest absolute Gasteiger partial charge is 0.330 e. The van der Waals surface area contributed by atoms with Crippen LogP contribution in [-0.2, 0) is 47.7 Å². The molecule has 0 heterocycles. The quantitative estimate of drug-likeness (QED) is 0.0346. The molecule has 12 heteroatoms. The molecule has 0 atom stereocenters. The van der Waals surface area contributed by atoms with Crippen LogP contribution in [0.5, 0.6) is 11.5 Å². The van der Waals surface area contributed by atoms with Crippen molar-refractivity contribution in [2.75, 3.05) is 33.0 Å². The van der Waals surface area contributed by atoms with E-state index >= 15 is 0 Å². The van der Waals surface area contributed by atoms with Crippen molar-refractivity contribution in [3.63, 3.8) is 0 Å². The van der Waals surface area contributed by atoms with Crippen molar-refractivity contribution in [2.24, 2.45) is 23.7 Å². The second-order valence-corrected chi connectivity index (χ2v) is 14.1. The van der Waals surface area contributed by atoms with E-state index < -0.39 is 11.9 Å². The highest BCUT2D eigenvalue weighted by atomic mass is 16.6. The molecular weight excluding hydrogens is 696 g/mol. The van der Waals surface area contributed by atoms with E-state index in [9.17, 15) is 28.8 Å². The molecule has 12 nitrogen and oxygen atoms in total. The molecule has 2 saturated carbocycles. The molecule has 1 aromatic carbocycles. The second-order valence-electron chi connectivity index (χ2n) is 14.1. The van der Waals surface area contributed by atoms with Crippen LogP contribution < -0.4 is 9.47 Å². The Kier molecular flexibility index (Phi) is 20.3. The van der Waals surface area contributed by atoms with Crippen molar-refractivity contribution in [3.8, 4) is 11.5 Å². The van der Waals surface area contributed by atoms with E-state index in [0.29, 0.717) is 94.9 Å². The first-order chi connectivity index (χ1) is 26.1. The van der Waals surface area contributed by atoms with E-state index in [1.54, 1.807) is 25.1 Å². The van der Waals surface area contributed by atoms with Crippen LogP contribution in [0.25, 0.3) is 0 Å². The summed E-state index contributed by atoms with van der Waals surface area (Å²) in [5.74, 6) is -1.86. The number of hydrogen-bond donors (Lipinski definition) is 0. The topological polar surface area (TPSA) is 158 Å². The van der Waals surface area contributed by atoms with Crippen LogP contribution >= 0.6 is 0 Å². The Morgan fingerprint density at radius 1 is 0.574 bits per heavy atom. The number of unbranched alkanes of at least 4 members (excludes halogenated alkanes) is 6. The van der Waals surface area contributed by atoms with Gasteiger partial charge >= 0.3 is 29.8 Å². The maximum Gasteiger partial charge on any atom is 0.330 e. The minimum atomic E-state index is -0.426. The molecule has 0 aromatic heterocycles. The Bertz CT molecular complexity index is 1400. The van der Waals surface area contributed by atoms with E-state index in [0.717, 1.165) is 63.5 Å². The number of Topliss-reactive ketones (excluding diaryl/α,β-unsaturated/α-hetero) is 1. The zero-order valence-electron chi connectivity index (χ0n) is 31.9. The number of rotatable bonds is 24. The first-order valence-corrected chi connectivity index (χ1v) is 19.5. The predicted octanol–water partition coefficient (Wildman–Crippen LogP) is 7.13. The van der Waals surface area contributed by atoms with E-state index in [-0.39, 0.29) is 54.0 Å². The highest BCUT2D eigenvalue weighted by Crippen LogP contribution is 2.34. The van der Waals surface area contributed by atoms with Gasteiger partial charge in [-0.3, -0.25) is 19.2 Å². The van der Waals surface area contributed by atoms with Crippen molar-refractivity contribution in [2.45, 2.75) is 110 Å². The molecule has 0 radical (unpaired) electrons. The summed E-state index contributed by atoms with van der Waals surface area (Å²) in [6, 6.07) is 4.92. The molecule has 0 spiro atoms. The molecule has 0 aliphatic heterocycles. The Labute approximate surface area is 319 Å². The molecule has 298 valence electrons.